The van der Waals surface area contributed by atoms with E-state index in [4.69, 9.17) is 0 Å². The van der Waals surface area contributed by atoms with E-state index in [9.17, 15) is 0 Å². The number of nitrogens with zero attached hydrogens (tertiary/aromatic N) is 2. The Hall–Kier alpha value is -0.290. The zero-order valence-corrected chi connectivity index (χ0v) is 10.9. The molecule has 1 N–H and O–H groups in total. The fourth-order valence-electron chi connectivity index (χ4n) is 0.819. The highest BCUT2D eigenvalue weighted by Gasteiger charge is 2.05. The van der Waals surface area contributed by atoms with E-state index < -0.39 is 0 Å². The fraction of sp³-hybridized carbons (Fsp3) is 0.556. The first kappa shape index (κ1) is 11.8. The van der Waals surface area contributed by atoms with Crippen molar-refractivity contribution in [2.45, 2.75) is 18.9 Å². The van der Waals surface area contributed by atoms with Gasteiger partial charge in [-0.3, -0.25) is 0 Å². The highest BCUT2D eigenvalue weighted by atomic mass is 79.9. The second kappa shape index (κ2) is 5.56. The van der Waals surface area contributed by atoms with Crippen molar-refractivity contribution < 1.29 is 0 Å². The molecule has 0 aliphatic carbocycles. The van der Waals surface area contributed by atoms with Crippen molar-refractivity contribution in [2.75, 3.05) is 18.1 Å². The summed E-state index contributed by atoms with van der Waals surface area (Å²) in [4.78, 5) is 8.46. The van der Waals surface area contributed by atoms with Gasteiger partial charge < -0.3 is 5.32 Å². The summed E-state index contributed by atoms with van der Waals surface area (Å²) in [5.74, 6) is 2.40. The summed E-state index contributed by atoms with van der Waals surface area (Å²) in [6.07, 6.45) is 1.78. The van der Waals surface area contributed by atoms with E-state index in [1.165, 1.54) is 0 Å². The first-order chi connectivity index (χ1) is 6.63. The van der Waals surface area contributed by atoms with Gasteiger partial charge >= 0.3 is 0 Å². The minimum Gasteiger partial charge on any atom is -0.357 e. The molecule has 0 amide bonds. The number of anilines is 1. The van der Waals surface area contributed by atoms with Crippen LogP contribution in [-0.4, -0.2) is 22.8 Å². The van der Waals surface area contributed by atoms with Gasteiger partial charge in [0, 0.05) is 19.0 Å². The van der Waals surface area contributed by atoms with E-state index in [2.05, 4.69) is 45.1 Å². The standard InChI is InChI=1S/C9H14BrN3S/c1-6(2)5-14-8-7(10)4-12-9(11-3)13-8/h4,6H,5H2,1-3H3,(H,11,12,13). The Labute approximate surface area is 97.2 Å². The SMILES string of the molecule is CNc1ncc(Br)c(SCC(C)C)n1. The molecule has 0 atom stereocenters. The molecular weight excluding hydrogens is 262 g/mol. The summed E-state index contributed by atoms with van der Waals surface area (Å²) < 4.78 is 0.960. The fourth-order valence-corrected chi connectivity index (χ4v) is 2.19. The molecule has 14 heavy (non-hydrogen) atoms. The third-order valence-corrected chi connectivity index (χ3v) is 3.75. The van der Waals surface area contributed by atoms with Crippen molar-refractivity contribution in [3.05, 3.63) is 10.7 Å². The van der Waals surface area contributed by atoms with Crippen molar-refractivity contribution in [1.82, 2.24) is 9.97 Å². The van der Waals surface area contributed by atoms with Crippen molar-refractivity contribution in [3.63, 3.8) is 0 Å². The Morgan fingerprint density at radius 2 is 2.29 bits per heavy atom. The third kappa shape index (κ3) is 3.46. The Bertz CT molecular complexity index is 304. The van der Waals surface area contributed by atoms with Gasteiger partial charge in [-0.25, -0.2) is 9.97 Å². The van der Waals surface area contributed by atoms with Gasteiger partial charge in [-0.2, -0.15) is 0 Å². The van der Waals surface area contributed by atoms with E-state index in [1.807, 2.05) is 7.05 Å². The van der Waals surface area contributed by atoms with Crippen LogP contribution in [0.25, 0.3) is 0 Å². The zero-order valence-electron chi connectivity index (χ0n) is 8.54. The summed E-state index contributed by atoms with van der Waals surface area (Å²) in [5, 5.41) is 3.92. The summed E-state index contributed by atoms with van der Waals surface area (Å²) in [5.41, 5.74) is 0. The number of halogens is 1. The second-order valence-corrected chi connectivity index (χ2v) is 5.16. The topological polar surface area (TPSA) is 37.8 Å². The number of thioether (sulfide) groups is 1. The number of hydrogen-bond donors (Lipinski definition) is 1. The van der Waals surface area contributed by atoms with Crippen LogP contribution in [0.2, 0.25) is 0 Å². The van der Waals surface area contributed by atoms with Crippen LogP contribution >= 0.6 is 27.7 Å². The maximum absolute atomic E-state index is 4.36. The van der Waals surface area contributed by atoms with Crippen molar-refractivity contribution in [3.8, 4) is 0 Å². The summed E-state index contributed by atoms with van der Waals surface area (Å²) in [6, 6.07) is 0. The lowest BCUT2D eigenvalue weighted by molar-refractivity contribution is 0.749. The van der Waals surface area contributed by atoms with Crippen LogP contribution in [0.1, 0.15) is 13.8 Å². The number of aromatic nitrogens is 2. The largest absolute Gasteiger partial charge is 0.357 e. The van der Waals surface area contributed by atoms with Gasteiger partial charge in [0.2, 0.25) is 5.95 Å². The Kier molecular flexibility index (Phi) is 4.68. The second-order valence-electron chi connectivity index (χ2n) is 3.30. The molecule has 0 fully saturated rings. The van der Waals surface area contributed by atoms with Gasteiger partial charge in [0.25, 0.3) is 0 Å². The highest BCUT2D eigenvalue weighted by Crippen LogP contribution is 2.26. The molecule has 78 valence electrons. The van der Waals surface area contributed by atoms with Crippen molar-refractivity contribution >= 4 is 33.6 Å². The lowest BCUT2D eigenvalue weighted by atomic mass is 10.3. The van der Waals surface area contributed by atoms with Crippen molar-refractivity contribution in [1.29, 1.82) is 0 Å². The first-order valence-corrected chi connectivity index (χ1v) is 6.24. The van der Waals surface area contributed by atoms with E-state index >= 15 is 0 Å². The molecule has 0 aromatic carbocycles. The Balaban J connectivity index is 2.73. The minimum atomic E-state index is 0.666. The first-order valence-electron chi connectivity index (χ1n) is 4.46. The Morgan fingerprint density at radius 1 is 1.57 bits per heavy atom. The molecule has 0 bridgehead atoms. The van der Waals surface area contributed by atoms with E-state index in [1.54, 1.807) is 18.0 Å². The summed E-state index contributed by atoms with van der Waals surface area (Å²) >= 11 is 5.18. The summed E-state index contributed by atoms with van der Waals surface area (Å²) in [7, 11) is 1.82. The Morgan fingerprint density at radius 3 is 2.86 bits per heavy atom. The normalized spacial score (nSPS) is 10.6. The van der Waals surface area contributed by atoms with Crippen LogP contribution in [-0.2, 0) is 0 Å². The predicted octanol–water partition coefficient (Wildman–Crippen LogP) is 3.03. The van der Waals surface area contributed by atoms with Gasteiger partial charge in [0.15, 0.2) is 0 Å². The molecule has 1 aromatic heterocycles. The molecule has 0 saturated carbocycles. The van der Waals surface area contributed by atoms with Crippen LogP contribution in [0.15, 0.2) is 15.7 Å². The number of hydrogen-bond acceptors (Lipinski definition) is 4. The smallest absolute Gasteiger partial charge is 0.223 e. The lowest BCUT2D eigenvalue weighted by Gasteiger charge is -2.06. The average Bonchev–Trinajstić information content (AvgIpc) is 2.16. The van der Waals surface area contributed by atoms with Crippen LogP contribution < -0.4 is 5.32 Å². The maximum atomic E-state index is 4.36. The third-order valence-electron chi connectivity index (χ3n) is 1.49. The lowest BCUT2D eigenvalue weighted by Crippen LogP contribution is -1.98. The molecule has 0 aliphatic rings. The molecule has 0 radical (unpaired) electrons. The van der Waals surface area contributed by atoms with E-state index in [-0.39, 0.29) is 0 Å². The van der Waals surface area contributed by atoms with Crippen LogP contribution in [0.4, 0.5) is 5.95 Å². The predicted molar refractivity (Wildman–Crippen MR) is 64.8 cm³/mol. The quantitative estimate of drug-likeness (QED) is 0.677. The zero-order chi connectivity index (χ0) is 10.6. The molecule has 1 rings (SSSR count). The van der Waals surface area contributed by atoms with E-state index in [0.29, 0.717) is 11.9 Å². The van der Waals surface area contributed by atoms with Crippen molar-refractivity contribution in [2.24, 2.45) is 5.92 Å². The molecule has 5 heteroatoms. The van der Waals surface area contributed by atoms with Gasteiger partial charge in [-0.05, 0) is 21.8 Å². The molecule has 0 unspecified atom stereocenters. The van der Waals surface area contributed by atoms with Crippen LogP contribution in [0.5, 0.6) is 0 Å². The number of rotatable bonds is 4. The number of nitrogens with one attached hydrogen (secondary N) is 1. The monoisotopic (exact) mass is 275 g/mol. The van der Waals surface area contributed by atoms with Gasteiger partial charge in [0.05, 0.1) is 4.47 Å². The molecular formula is C9H14BrN3S. The highest BCUT2D eigenvalue weighted by molar-refractivity contribution is 9.10. The molecule has 0 saturated heterocycles. The minimum absolute atomic E-state index is 0.666. The van der Waals surface area contributed by atoms with Gasteiger partial charge in [0.1, 0.15) is 5.03 Å². The average molecular weight is 276 g/mol. The van der Waals surface area contributed by atoms with Gasteiger partial charge in [-0.1, -0.05) is 13.8 Å². The maximum Gasteiger partial charge on any atom is 0.223 e. The molecule has 3 nitrogen and oxygen atoms in total. The van der Waals surface area contributed by atoms with Gasteiger partial charge in [-0.15, -0.1) is 11.8 Å². The molecule has 1 heterocycles. The molecule has 0 aliphatic heterocycles. The molecule has 1 aromatic rings. The molecule has 0 spiro atoms. The van der Waals surface area contributed by atoms with Crippen LogP contribution in [0.3, 0.4) is 0 Å². The van der Waals surface area contributed by atoms with Crippen LogP contribution in [0, 0.1) is 5.92 Å². The van der Waals surface area contributed by atoms with E-state index in [0.717, 1.165) is 15.3 Å². The summed E-state index contributed by atoms with van der Waals surface area (Å²) in [6.45, 7) is 4.39.